The van der Waals surface area contributed by atoms with Gasteiger partial charge in [-0.05, 0) is 43.0 Å². The number of ether oxygens (including phenoxy) is 1. The Kier molecular flexibility index (Phi) is 4.91. The summed E-state index contributed by atoms with van der Waals surface area (Å²) in [5, 5.41) is 2.97. The van der Waals surface area contributed by atoms with Crippen molar-refractivity contribution in [2.45, 2.75) is 19.4 Å². The molecule has 1 saturated heterocycles. The molecule has 2 aromatic heterocycles. The third-order valence-corrected chi connectivity index (χ3v) is 4.96. The van der Waals surface area contributed by atoms with E-state index >= 15 is 0 Å². The van der Waals surface area contributed by atoms with Gasteiger partial charge < -0.3 is 19.5 Å². The summed E-state index contributed by atoms with van der Waals surface area (Å²) in [5.41, 5.74) is 2.54. The minimum atomic E-state index is -0.0680. The molecule has 27 heavy (non-hydrogen) atoms. The normalized spacial score (nSPS) is 17.1. The van der Waals surface area contributed by atoms with Gasteiger partial charge in [0.05, 0.1) is 13.4 Å². The average molecular weight is 365 g/mol. The van der Waals surface area contributed by atoms with E-state index in [2.05, 4.69) is 19.9 Å². The van der Waals surface area contributed by atoms with Gasteiger partial charge in [-0.15, -0.1) is 0 Å². The Balaban J connectivity index is 1.40. The van der Waals surface area contributed by atoms with Crippen LogP contribution < -0.4 is 10.1 Å². The number of aromatic nitrogens is 3. The number of piperidine rings is 1. The molecule has 2 amide bonds. The number of anilines is 1. The van der Waals surface area contributed by atoms with Crippen molar-refractivity contribution in [2.75, 3.05) is 25.5 Å². The van der Waals surface area contributed by atoms with E-state index in [0.717, 1.165) is 55.1 Å². The van der Waals surface area contributed by atoms with Crippen molar-refractivity contribution >= 4 is 22.9 Å². The number of fused-ring (bicyclic) bond motifs is 1. The SMILES string of the molecule is COc1cccc(NC(=O)N2CCCC(Cn3cnc4cccnc43)C2)c1. The van der Waals surface area contributed by atoms with E-state index < -0.39 is 0 Å². The van der Waals surface area contributed by atoms with Crippen LogP contribution in [0.5, 0.6) is 5.75 Å². The number of pyridine rings is 1. The van der Waals surface area contributed by atoms with Crippen LogP contribution in [0.4, 0.5) is 10.5 Å². The summed E-state index contributed by atoms with van der Waals surface area (Å²) in [6.07, 6.45) is 5.72. The van der Waals surface area contributed by atoms with Gasteiger partial charge in [0.1, 0.15) is 11.3 Å². The molecule has 3 heterocycles. The van der Waals surface area contributed by atoms with Crippen LogP contribution in [-0.2, 0) is 6.54 Å². The first-order valence-electron chi connectivity index (χ1n) is 9.19. The summed E-state index contributed by atoms with van der Waals surface area (Å²) in [6.45, 7) is 2.31. The minimum absolute atomic E-state index is 0.0680. The van der Waals surface area contributed by atoms with E-state index in [1.54, 1.807) is 13.3 Å². The number of hydrogen-bond acceptors (Lipinski definition) is 4. The Bertz CT molecular complexity index is 939. The molecule has 0 aliphatic carbocycles. The van der Waals surface area contributed by atoms with Crippen LogP contribution in [0.3, 0.4) is 0 Å². The number of likely N-dealkylation sites (tertiary alicyclic amines) is 1. The van der Waals surface area contributed by atoms with Crippen LogP contribution in [0.25, 0.3) is 11.2 Å². The Morgan fingerprint density at radius 1 is 1.30 bits per heavy atom. The number of benzene rings is 1. The Hall–Kier alpha value is -3.09. The predicted octanol–water partition coefficient (Wildman–Crippen LogP) is 3.38. The molecule has 1 unspecified atom stereocenters. The van der Waals surface area contributed by atoms with Gasteiger partial charge in [0, 0.05) is 37.6 Å². The summed E-state index contributed by atoms with van der Waals surface area (Å²) >= 11 is 0. The molecule has 0 spiro atoms. The number of carbonyl (C=O) groups is 1. The molecule has 1 aromatic carbocycles. The van der Waals surface area contributed by atoms with Gasteiger partial charge in [-0.1, -0.05) is 6.07 Å². The molecule has 0 saturated carbocycles. The molecule has 1 aliphatic rings. The molecule has 4 rings (SSSR count). The zero-order valence-electron chi connectivity index (χ0n) is 15.3. The third kappa shape index (κ3) is 3.86. The zero-order chi connectivity index (χ0) is 18.6. The number of hydrogen-bond donors (Lipinski definition) is 1. The lowest BCUT2D eigenvalue weighted by Crippen LogP contribution is -2.43. The highest BCUT2D eigenvalue weighted by molar-refractivity contribution is 5.89. The maximum Gasteiger partial charge on any atom is 0.321 e. The summed E-state index contributed by atoms with van der Waals surface area (Å²) in [4.78, 5) is 23.4. The molecule has 1 fully saturated rings. The van der Waals surface area contributed by atoms with Gasteiger partial charge in [-0.3, -0.25) is 0 Å². The van der Waals surface area contributed by atoms with E-state index in [4.69, 9.17) is 4.74 Å². The van der Waals surface area contributed by atoms with Crippen molar-refractivity contribution < 1.29 is 9.53 Å². The highest BCUT2D eigenvalue weighted by atomic mass is 16.5. The number of rotatable bonds is 4. The largest absolute Gasteiger partial charge is 0.497 e. The number of amides is 2. The van der Waals surface area contributed by atoms with E-state index in [1.165, 1.54) is 0 Å². The van der Waals surface area contributed by atoms with Crippen LogP contribution in [0.2, 0.25) is 0 Å². The van der Waals surface area contributed by atoms with Crippen molar-refractivity contribution in [1.82, 2.24) is 19.4 Å². The summed E-state index contributed by atoms with van der Waals surface area (Å²) in [7, 11) is 1.62. The number of imidazole rings is 1. The highest BCUT2D eigenvalue weighted by Gasteiger charge is 2.24. The highest BCUT2D eigenvalue weighted by Crippen LogP contribution is 2.22. The molecule has 1 N–H and O–H groups in total. The van der Waals surface area contributed by atoms with E-state index in [-0.39, 0.29) is 6.03 Å². The fourth-order valence-electron chi connectivity index (χ4n) is 3.61. The van der Waals surface area contributed by atoms with Gasteiger partial charge in [0.15, 0.2) is 5.65 Å². The van der Waals surface area contributed by atoms with Crippen molar-refractivity contribution in [2.24, 2.45) is 5.92 Å². The van der Waals surface area contributed by atoms with Crippen molar-refractivity contribution in [3.63, 3.8) is 0 Å². The molecule has 0 bridgehead atoms. The molecule has 0 radical (unpaired) electrons. The Labute approximate surface area is 158 Å². The lowest BCUT2D eigenvalue weighted by molar-refractivity contribution is 0.171. The molecular formula is C20H23N5O2. The molecule has 3 aromatic rings. The number of nitrogens with one attached hydrogen (secondary N) is 1. The lowest BCUT2D eigenvalue weighted by Gasteiger charge is -2.33. The van der Waals surface area contributed by atoms with Gasteiger partial charge in [-0.2, -0.15) is 0 Å². The summed E-state index contributed by atoms with van der Waals surface area (Å²) < 4.78 is 7.30. The van der Waals surface area contributed by atoms with Gasteiger partial charge in [-0.25, -0.2) is 14.8 Å². The number of nitrogens with zero attached hydrogens (tertiary/aromatic N) is 4. The van der Waals surface area contributed by atoms with Crippen LogP contribution in [0.15, 0.2) is 48.9 Å². The van der Waals surface area contributed by atoms with Crippen LogP contribution in [-0.4, -0.2) is 45.7 Å². The van der Waals surface area contributed by atoms with E-state index in [1.807, 2.05) is 47.6 Å². The molecule has 7 heteroatoms. The van der Waals surface area contributed by atoms with Crippen molar-refractivity contribution in [3.8, 4) is 5.75 Å². The second kappa shape index (κ2) is 7.65. The predicted molar refractivity (Wildman–Crippen MR) is 104 cm³/mol. The molecule has 1 aliphatic heterocycles. The number of carbonyl (C=O) groups excluding carboxylic acids is 1. The minimum Gasteiger partial charge on any atom is -0.497 e. The summed E-state index contributed by atoms with van der Waals surface area (Å²) in [5.74, 6) is 1.11. The van der Waals surface area contributed by atoms with Crippen LogP contribution in [0, 0.1) is 5.92 Å². The maximum atomic E-state index is 12.7. The van der Waals surface area contributed by atoms with Gasteiger partial charge in [0.2, 0.25) is 0 Å². The lowest BCUT2D eigenvalue weighted by atomic mass is 9.98. The van der Waals surface area contributed by atoms with Crippen molar-refractivity contribution in [3.05, 3.63) is 48.9 Å². The molecule has 1 atom stereocenters. The average Bonchev–Trinajstić information content (AvgIpc) is 3.11. The van der Waals surface area contributed by atoms with Crippen LogP contribution >= 0.6 is 0 Å². The second-order valence-corrected chi connectivity index (χ2v) is 6.86. The first-order chi connectivity index (χ1) is 13.2. The van der Waals surface area contributed by atoms with E-state index in [9.17, 15) is 4.79 Å². The fourth-order valence-corrected chi connectivity index (χ4v) is 3.61. The monoisotopic (exact) mass is 365 g/mol. The molecule has 7 nitrogen and oxygen atoms in total. The molecule has 140 valence electrons. The fraction of sp³-hybridized carbons (Fsp3) is 0.350. The maximum absolute atomic E-state index is 12.7. The van der Waals surface area contributed by atoms with E-state index in [0.29, 0.717) is 5.92 Å². The first kappa shape index (κ1) is 17.3. The van der Waals surface area contributed by atoms with Crippen molar-refractivity contribution in [1.29, 1.82) is 0 Å². The Morgan fingerprint density at radius 3 is 3.11 bits per heavy atom. The van der Waals surface area contributed by atoms with Gasteiger partial charge in [0.25, 0.3) is 0 Å². The smallest absolute Gasteiger partial charge is 0.321 e. The number of methoxy groups -OCH3 is 1. The number of urea groups is 1. The quantitative estimate of drug-likeness (QED) is 0.769. The Morgan fingerprint density at radius 2 is 2.22 bits per heavy atom. The van der Waals surface area contributed by atoms with Gasteiger partial charge >= 0.3 is 6.03 Å². The standard InChI is InChI=1S/C20H23N5O2/c1-27-17-7-2-6-16(11-17)23-20(26)24-10-4-5-15(12-24)13-25-14-22-18-8-3-9-21-19(18)25/h2-3,6-9,11,14-15H,4-5,10,12-13H2,1H3,(H,23,26). The topological polar surface area (TPSA) is 72.3 Å². The second-order valence-electron chi connectivity index (χ2n) is 6.86. The zero-order valence-corrected chi connectivity index (χ0v) is 15.3. The third-order valence-electron chi connectivity index (χ3n) is 4.96. The van der Waals surface area contributed by atoms with Crippen LogP contribution in [0.1, 0.15) is 12.8 Å². The summed E-state index contributed by atoms with van der Waals surface area (Å²) in [6, 6.07) is 11.2. The first-order valence-corrected chi connectivity index (χ1v) is 9.19. The molecular weight excluding hydrogens is 342 g/mol.